The number of aliphatic imine (C=N–C) groups is 1. The number of ether oxygens (including phenoxy) is 1. The fraction of sp³-hybridized carbons (Fsp3) is 0.250. The number of thioether (sulfide) groups is 1. The summed E-state index contributed by atoms with van der Waals surface area (Å²) in [6.45, 7) is 0.454. The molecule has 0 radical (unpaired) electrons. The lowest BCUT2D eigenvalue weighted by Gasteiger charge is -2.31. The van der Waals surface area contributed by atoms with Gasteiger partial charge in [0.2, 0.25) is 11.8 Å². The Morgan fingerprint density at radius 3 is 2.54 bits per heavy atom. The van der Waals surface area contributed by atoms with Crippen LogP contribution in [0.5, 0.6) is 5.75 Å². The number of halogens is 1. The van der Waals surface area contributed by atoms with Crippen molar-refractivity contribution in [3.05, 3.63) is 59.1 Å². The number of amidine groups is 1. The Morgan fingerprint density at radius 1 is 1.25 bits per heavy atom. The Bertz CT molecular complexity index is 885. The summed E-state index contributed by atoms with van der Waals surface area (Å²) in [5, 5.41) is 0.453. The normalized spacial score (nSPS) is 18.4. The molecular formula is C20H20ClN3O3S. The predicted octanol–water partition coefficient (Wildman–Crippen LogP) is 3.40. The van der Waals surface area contributed by atoms with Gasteiger partial charge in [-0.3, -0.25) is 14.5 Å². The van der Waals surface area contributed by atoms with Gasteiger partial charge in [0.05, 0.1) is 18.0 Å². The van der Waals surface area contributed by atoms with Gasteiger partial charge >= 0.3 is 0 Å². The van der Waals surface area contributed by atoms with Crippen molar-refractivity contribution >= 4 is 46.0 Å². The maximum absolute atomic E-state index is 12.7. The SMILES string of the molecule is COc1ccc(CCN2C(=O)CC(C(N)=O)SC2=Nc2ccc(Cl)cc2)cc1. The average molecular weight is 418 g/mol. The summed E-state index contributed by atoms with van der Waals surface area (Å²) in [5.74, 6) is 0.100. The molecule has 2 aromatic carbocycles. The maximum Gasteiger partial charge on any atom is 0.231 e. The fourth-order valence-corrected chi connectivity index (χ4v) is 3.93. The van der Waals surface area contributed by atoms with Crippen LogP contribution >= 0.6 is 23.4 Å². The minimum atomic E-state index is -0.615. The molecule has 1 heterocycles. The van der Waals surface area contributed by atoms with Crippen LogP contribution in [0.3, 0.4) is 0 Å². The molecule has 3 rings (SSSR count). The third-order valence-electron chi connectivity index (χ3n) is 4.29. The molecule has 0 aliphatic carbocycles. The van der Waals surface area contributed by atoms with E-state index >= 15 is 0 Å². The van der Waals surface area contributed by atoms with Gasteiger partial charge in [-0.2, -0.15) is 0 Å². The number of carbonyl (C=O) groups excluding carboxylic acids is 2. The van der Waals surface area contributed by atoms with E-state index in [2.05, 4.69) is 4.99 Å². The van der Waals surface area contributed by atoms with Crippen LogP contribution in [0.4, 0.5) is 5.69 Å². The lowest BCUT2D eigenvalue weighted by molar-refractivity contribution is -0.129. The van der Waals surface area contributed by atoms with Gasteiger partial charge in [-0.1, -0.05) is 35.5 Å². The molecule has 0 aromatic heterocycles. The minimum Gasteiger partial charge on any atom is -0.497 e. The second kappa shape index (κ2) is 9.12. The number of nitrogens with two attached hydrogens (primary N) is 1. The monoisotopic (exact) mass is 417 g/mol. The summed E-state index contributed by atoms with van der Waals surface area (Å²) in [6, 6.07) is 14.7. The van der Waals surface area contributed by atoms with Crippen molar-refractivity contribution in [3.63, 3.8) is 0 Å². The Labute approximate surface area is 172 Å². The van der Waals surface area contributed by atoms with E-state index < -0.39 is 11.2 Å². The number of amides is 2. The summed E-state index contributed by atoms with van der Waals surface area (Å²) < 4.78 is 5.17. The summed E-state index contributed by atoms with van der Waals surface area (Å²) in [4.78, 5) is 30.5. The van der Waals surface area contributed by atoms with E-state index in [0.29, 0.717) is 28.8 Å². The molecule has 6 nitrogen and oxygen atoms in total. The first-order valence-corrected chi connectivity index (χ1v) is 9.95. The first-order valence-electron chi connectivity index (χ1n) is 8.70. The standard InChI is InChI=1S/C20H20ClN3O3S/c1-27-16-8-2-13(3-9-16)10-11-24-18(25)12-17(19(22)26)28-20(24)23-15-6-4-14(21)5-7-15/h2-9,17H,10-12H2,1H3,(H2,22,26). The van der Waals surface area contributed by atoms with E-state index in [0.717, 1.165) is 11.3 Å². The third-order valence-corrected chi connectivity index (χ3v) is 5.75. The largest absolute Gasteiger partial charge is 0.497 e. The highest BCUT2D eigenvalue weighted by Crippen LogP contribution is 2.29. The van der Waals surface area contributed by atoms with Gasteiger partial charge in [0.15, 0.2) is 5.17 Å². The van der Waals surface area contributed by atoms with E-state index in [4.69, 9.17) is 22.1 Å². The number of benzene rings is 2. The molecule has 1 saturated heterocycles. The number of hydrogen-bond donors (Lipinski definition) is 1. The van der Waals surface area contributed by atoms with Crippen molar-refractivity contribution in [1.29, 1.82) is 0 Å². The summed E-state index contributed by atoms with van der Waals surface area (Å²) >= 11 is 7.14. The quantitative estimate of drug-likeness (QED) is 0.780. The molecule has 2 N–H and O–H groups in total. The lowest BCUT2D eigenvalue weighted by atomic mass is 10.1. The van der Waals surface area contributed by atoms with Crippen LogP contribution in [-0.2, 0) is 16.0 Å². The summed E-state index contributed by atoms with van der Waals surface area (Å²) in [6.07, 6.45) is 0.722. The number of rotatable bonds is 6. The molecule has 2 aromatic rings. The molecule has 0 saturated carbocycles. The van der Waals surface area contributed by atoms with Gasteiger partial charge in [0, 0.05) is 18.0 Å². The van der Waals surface area contributed by atoms with Crippen molar-refractivity contribution in [3.8, 4) is 5.75 Å². The van der Waals surface area contributed by atoms with Crippen molar-refractivity contribution in [2.75, 3.05) is 13.7 Å². The third kappa shape index (κ3) is 5.05. The second-order valence-corrected chi connectivity index (χ2v) is 7.83. The van der Waals surface area contributed by atoms with Gasteiger partial charge in [0.1, 0.15) is 5.75 Å². The van der Waals surface area contributed by atoms with Crippen molar-refractivity contribution < 1.29 is 14.3 Å². The molecule has 0 bridgehead atoms. The smallest absolute Gasteiger partial charge is 0.231 e. The van der Waals surface area contributed by atoms with Gasteiger partial charge in [0.25, 0.3) is 0 Å². The van der Waals surface area contributed by atoms with E-state index in [9.17, 15) is 9.59 Å². The highest BCUT2D eigenvalue weighted by molar-refractivity contribution is 8.15. The average Bonchev–Trinajstić information content (AvgIpc) is 2.69. The van der Waals surface area contributed by atoms with Crippen molar-refractivity contribution in [1.82, 2.24) is 4.90 Å². The van der Waals surface area contributed by atoms with Gasteiger partial charge in [-0.15, -0.1) is 0 Å². The summed E-state index contributed by atoms with van der Waals surface area (Å²) in [5.41, 5.74) is 7.15. The first-order chi connectivity index (χ1) is 13.5. The number of methoxy groups -OCH3 is 1. The maximum atomic E-state index is 12.7. The van der Waals surface area contributed by atoms with Crippen molar-refractivity contribution in [2.24, 2.45) is 10.7 Å². The number of nitrogens with zero attached hydrogens (tertiary/aromatic N) is 2. The van der Waals surface area contributed by atoms with Crippen LogP contribution in [0, 0.1) is 0 Å². The molecule has 1 aliphatic rings. The molecule has 0 spiro atoms. The zero-order chi connectivity index (χ0) is 20.1. The van der Waals surface area contributed by atoms with Crippen molar-refractivity contribution in [2.45, 2.75) is 18.1 Å². The molecule has 28 heavy (non-hydrogen) atoms. The zero-order valence-electron chi connectivity index (χ0n) is 15.3. The lowest BCUT2D eigenvalue weighted by Crippen LogP contribution is -2.46. The van der Waals surface area contributed by atoms with Crippen LogP contribution in [0.2, 0.25) is 5.02 Å². The van der Waals surface area contributed by atoms with Crippen LogP contribution in [0.25, 0.3) is 0 Å². The molecule has 2 amide bonds. The Kier molecular flexibility index (Phi) is 6.59. The number of primary amides is 1. The Hall–Kier alpha value is -2.51. The first kappa shape index (κ1) is 20.2. The predicted molar refractivity (Wildman–Crippen MR) is 112 cm³/mol. The topological polar surface area (TPSA) is 85.0 Å². The van der Waals surface area contributed by atoms with E-state index in [1.54, 1.807) is 36.3 Å². The van der Waals surface area contributed by atoms with Gasteiger partial charge < -0.3 is 10.5 Å². The molecule has 1 unspecified atom stereocenters. The van der Waals surface area contributed by atoms with Gasteiger partial charge in [-0.25, -0.2) is 4.99 Å². The van der Waals surface area contributed by atoms with Crippen LogP contribution in [0.1, 0.15) is 12.0 Å². The molecule has 146 valence electrons. The highest BCUT2D eigenvalue weighted by atomic mass is 35.5. The molecular weight excluding hydrogens is 398 g/mol. The van der Waals surface area contributed by atoms with E-state index in [1.165, 1.54) is 11.8 Å². The fourth-order valence-electron chi connectivity index (χ4n) is 2.73. The number of hydrogen-bond acceptors (Lipinski definition) is 5. The highest BCUT2D eigenvalue weighted by Gasteiger charge is 2.34. The van der Waals surface area contributed by atoms with Crippen LogP contribution in [-0.4, -0.2) is 40.8 Å². The van der Waals surface area contributed by atoms with Crippen LogP contribution < -0.4 is 10.5 Å². The van der Waals surface area contributed by atoms with E-state index in [1.807, 2.05) is 24.3 Å². The van der Waals surface area contributed by atoms with Crippen LogP contribution in [0.15, 0.2) is 53.5 Å². The van der Waals surface area contributed by atoms with Gasteiger partial charge in [-0.05, 0) is 48.4 Å². The molecule has 1 fully saturated rings. The number of carbonyl (C=O) groups is 2. The minimum absolute atomic E-state index is 0.0717. The molecule has 1 atom stereocenters. The van der Waals surface area contributed by atoms with E-state index in [-0.39, 0.29) is 12.3 Å². The summed E-state index contributed by atoms with van der Waals surface area (Å²) in [7, 11) is 1.62. The second-order valence-electron chi connectivity index (χ2n) is 6.23. The zero-order valence-corrected chi connectivity index (χ0v) is 16.9. The Morgan fingerprint density at radius 2 is 1.93 bits per heavy atom. The molecule has 8 heteroatoms. The Balaban J connectivity index is 1.81. The molecule has 1 aliphatic heterocycles.